The fraction of sp³-hybridized carbons (Fsp3) is 0.353. The number of nitrogens with zero attached hydrogens (tertiary/aromatic N) is 1. The zero-order chi connectivity index (χ0) is 18.0. The molecule has 6 nitrogen and oxygen atoms in total. The normalized spacial score (nSPS) is 11.0. The molecule has 1 rings (SSSR count). The minimum atomic E-state index is -1.26. The van der Waals surface area contributed by atoms with E-state index in [1.807, 2.05) is 63.2 Å². The number of carboxylic acids is 2. The zero-order valence-electron chi connectivity index (χ0n) is 13.8. The Morgan fingerprint density at radius 1 is 1.00 bits per heavy atom. The smallest absolute Gasteiger partial charge is 0.328 e. The van der Waals surface area contributed by atoms with Crippen molar-refractivity contribution in [1.29, 1.82) is 0 Å². The summed E-state index contributed by atoms with van der Waals surface area (Å²) in [6, 6.07) is 9.48. The topological polar surface area (TPSA) is 94.9 Å². The Morgan fingerprint density at radius 2 is 1.43 bits per heavy atom. The Balaban J connectivity index is 0.000000515. The molecule has 6 heteroatoms. The fourth-order valence-electron chi connectivity index (χ4n) is 1.99. The summed E-state index contributed by atoms with van der Waals surface area (Å²) >= 11 is 0. The summed E-state index contributed by atoms with van der Waals surface area (Å²) in [6.45, 7) is 4.74. The monoisotopic (exact) mass is 321 g/mol. The summed E-state index contributed by atoms with van der Waals surface area (Å²) in [5, 5.41) is 15.6. The van der Waals surface area contributed by atoms with E-state index in [0.29, 0.717) is 12.2 Å². The first-order chi connectivity index (χ1) is 10.6. The number of hydrogen-bond donors (Lipinski definition) is 2. The van der Waals surface area contributed by atoms with E-state index in [0.717, 1.165) is 12.1 Å². The van der Waals surface area contributed by atoms with Crippen LogP contribution in [0.1, 0.15) is 24.2 Å². The van der Waals surface area contributed by atoms with Gasteiger partial charge in [0.1, 0.15) is 0 Å². The number of Topliss-reactive ketones (excluding diaryl/α,β-unsaturated/α-hetero) is 1. The van der Waals surface area contributed by atoms with Crippen molar-refractivity contribution in [2.75, 3.05) is 20.6 Å². The van der Waals surface area contributed by atoms with E-state index in [1.54, 1.807) is 0 Å². The molecule has 2 N–H and O–H groups in total. The highest BCUT2D eigenvalue weighted by atomic mass is 16.4. The predicted octanol–water partition coefficient (Wildman–Crippen LogP) is 2.17. The van der Waals surface area contributed by atoms with Crippen LogP contribution in [-0.2, 0) is 9.59 Å². The Kier molecular flexibility index (Phi) is 8.50. The van der Waals surface area contributed by atoms with Gasteiger partial charge in [0.2, 0.25) is 0 Å². The third kappa shape index (κ3) is 9.21. The van der Waals surface area contributed by atoms with Crippen LogP contribution < -0.4 is 0 Å². The highest BCUT2D eigenvalue weighted by Gasteiger charge is 2.28. The quantitative estimate of drug-likeness (QED) is 0.616. The molecule has 0 aliphatic carbocycles. The van der Waals surface area contributed by atoms with Gasteiger partial charge in [-0.2, -0.15) is 0 Å². The van der Waals surface area contributed by atoms with E-state index < -0.39 is 11.9 Å². The van der Waals surface area contributed by atoms with Gasteiger partial charge in [-0.3, -0.25) is 4.79 Å². The third-order valence-electron chi connectivity index (χ3n) is 2.73. The van der Waals surface area contributed by atoms with E-state index >= 15 is 0 Å². The minimum Gasteiger partial charge on any atom is -0.478 e. The molecule has 0 unspecified atom stereocenters. The van der Waals surface area contributed by atoms with Crippen molar-refractivity contribution in [1.82, 2.24) is 4.90 Å². The van der Waals surface area contributed by atoms with Gasteiger partial charge in [0.15, 0.2) is 5.78 Å². The molecule has 1 aromatic carbocycles. The molecule has 0 radical (unpaired) electrons. The Hall–Kier alpha value is -2.47. The Labute approximate surface area is 136 Å². The van der Waals surface area contributed by atoms with Crippen LogP contribution in [0.15, 0.2) is 42.5 Å². The van der Waals surface area contributed by atoms with Crippen LogP contribution in [0.25, 0.3) is 0 Å². The molecule has 1 aromatic rings. The Bertz CT molecular complexity index is 546. The van der Waals surface area contributed by atoms with Crippen LogP contribution in [0, 0.1) is 5.41 Å². The lowest BCUT2D eigenvalue weighted by Gasteiger charge is -2.26. The maximum Gasteiger partial charge on any atom is 0.328 e. The van der Waals surface area contributed by atoms with Crippen molar-refractivity contribution in [3.05, 3.63) is 48.0 Å². The number of carbonyl (C=O) groups is 3. The lowest BCUT2D eigenvalue weighted by atomic mass is 9.84. The molecular formula is C17H23NO5. The summed E-state index contributed by atoms with van der Waals surface area (Å²) in [5.74, 6) is -2.31. The van der Waals surface area contributed by atoms with Gasteiger partial charge in [-0.1, -0.05) is 44.2 Å². The number of carboxylic acid groups (broad SMARTS) is 2. The lowest BCUT2D eigenvalue weighted by Crippen LogP contribution is -2.35. The zero-order valence-corrected chi connectivity index (χ0v) is 13.8. The number of ketones is 1. The number of benzene rings is 1. The van der Waals surface area contributed by atoms with Gasteiger partial charge in [0.25, 0.3) is 0 Å². The average molecular weight is 321 g/mol. The number of rotatable bonds is 6. The van der Waals surface area contributed by atoms with Crippen molar-refractivity contribution < 1.29 is 24.6 Å². The van der Waals surface area contributed by atoms with Gasteiger partial charge in [0.05, 0.1) is 0 Å². The summed E-state index contributed by atoms with van der Waals surface area (Å²) in [4.78, 5) is 33.3. The van der Waals surface area contributed by atoms with Crippen LogP contribution in [0.5, 0.6) is 0 Å². The van der Waals surface area contributed by atoms with E-state index in [2.05, 4.69) is 0 Å². The first-order valence-corrected chi connectivity index (χ1v) is 6.95. The maximum atomic E-state index is 12.2. The van der Waals surface area contributed by atoms with E-state index in [9.17, 15) is 14.4 Å². The van der Waals surface area contributed by atoms with Crippen molar-refractivity contribution in [2.45, 2.75) is 13.8 Å². The minimum absolute atomic E-state index is 0.205. The van der Waals surface area contributed by atoms with E-state index in [-0.39, 0.29) is 11.2 Å². The van der Waals surface area contributed by atoms with Gasteiger partial charge in [0, 0.05) is 29.7 Å². The fourth-order valence-corrected chi connectivity index (χ4v) is 1.99. The SMILES string of the molecule is CN(C)CC(C)(C)C(=O)c1ccccc1.O=C(O)/C=C\C(=O)O. The molecule has 0 amide bonds. The number of hydrogen-bond acceptors (Lipinski definition) is 4. The third-order valence-corrected chi connectivity index (χ3v) is 2.73. The van der Waals surface area contributed by atoms with Crippen molar-refractivity contribution in [3.8, 4) is 0 Å². The summed E-state index contributed by atoms with van der Waals surface area (Å²) in [6.07, 6.45) is 1.12. The highest BCUT2D eigenvalue weighted by Crippen LogP contribution is 2.22. The average Bonchev–Trinajstić information content (AvgIpc) is 2.44. The second-order valence-electron chi connectivity index (χ2n) is 5.83. The van der Waals surface area contributed by atoms with Crippen molar-refractivity contribution in [3.63, 3.8) is 0 Å². The van der Waals surface area contributed by atoms with Crippen LogP contribution in [0.2, 0.25) is 0 Å². The molecule has 23 heavy (non-hydrogen) atoms. The maximum absolute atomic E-state index is 12.2. The van der Waals surface area contributed by atoms with Crippen LogP contribution >= 0.6 is 0 Å². The van der Waals surface area contributed by atoms with Crippen molar-refractivity contribution in [2.24, 2.45) is 5.41 Å². The van der Waals surface area contributed by atoms with Crippen LogP contribution in [0.4, 0.5) is 0 Å². The van der Waals surface area contributed by atoms with Crippen LogP contribution in [0.3, 0.4) is 0 Å². The molecule has 0 spiro atoms. The molecule has 0 aromatic heterocycles. The van der Waals surface area contributed by atoms with E-state index in [1.165, 1.54) is 0 Å². The van der Waals surface area contributed by atoms with Crippen molar-refractivity contribution >= 4 is 17.7 Å². The van der Waals surface area contributed by atoms with Gasteiger partial charge < -0.3 is 15.1 Å². The highest BCUT2D eigenvalue weighted by molar-refractivity contribution is 6.00. The summed E-state index contributed by atoms with van der Waals surface area (Å²) < 4.78 is 0. The molecule has 126 valence electrons. The van der Waals surface area contributed by atoms with E-state index in [4.69, 9.17) is 10.2 Å². The molecule has 0 bridgehead atoms. The van der Waals surface area contributed by atoms with Gasteiger partial charge in [-0.25, -0.2) is 9.59 Å². The molecule has 0 fully saturated rings. The second-order valence-corrected chi connectivity index (χ2v) is 5.83. The molecule has 0 aliphatic heterocycles. The number of aliphatic carboxylic acids is 2. The lowest BCUT2D eigenvalue weighted by molar-refractivity contribution is -0.134. The summed E-state index contributed by atoms with van der Waals surface area (Å²) in [7, 11) is 3.97. The number of carbonyl (C=O) groups excluding carboxylic acids is 1. The molecule has 0 saturated heterocycles. The van der Waals surface area contributed by atoms with Crippen LogP contribution in [-0.4, -0.2) is 53.5 Å². The molecule has 0 heterocycles. The largest absolute Gasteiger partial charge is 0.478 e. The molecular weight excluding hydrogens is 298 g/mol. The molecule has 0 atom stereocenters. The van der Waals surface area contributed by atoms with Gasteiger partial charge >= 0.3 is 11.9 Å². The Morgan fingerprint density at radius 3 is 1.78 bits per heavy atom. The first kappa shape index (κ1) is 20.5. The molecule has 0 aliphatic rings. The first-order valence-electron chi connectivity index (χ1n) is 6.95. The molecule has 0 saturated carbocycles. The standard InChI is InChI=1S/C13H19NO.C4H4O4/c1-13(2,10-14(3)4)12(15)11-8-6-5-7-9-11;5-3(6)1-2-4(7)8/h5-9H,10H2,1-4H3;1-2H,(H,5,6)(H,7,8)/b;2-1-. The predicted molar refractivity (Wildman–Crippen MR) is 87.5 cm³/mol. The van der Waals surface area contributed by atoms with Gasteiger partial charge in [-0.15, -0.1) is 0 Å². The summed E-state index contributed by atoms with van der Waals surface area (Å²) in [5.41, 5.74) is 0.467. The van der Waals surface area contributed by atoms with Gasteiger partial charge in [-0.05, 0) is 14.1 Å². The second kappa shape index (κ2) is 9.53.